The van der Waals surface area contributed by atoms with Crippen LogP contribution in [0.25, 0.3) is 16.6 Å². The van der Waals surface area contributed by atoms with Crippen molar-refractivity contribution in [2.24, 2.45) is 0 Å². The molecule has 0 fully saturated rings. The Morgan fingerprint density at radius 2 is 1.79 bits per heavy atom. The number of nitrogens with zero attached hydrogens (tertiary/aromatic N) is 3. The summed E-state index contributed by atoms with van der Waals surface area (Å²) in [7, 11) is 1.62. The lowest BCUT2D eigenvalue weighted by Gasteiger charge is -2.29. The van der Waals surface area contributed by atoms with E-state index in [2.05, 4.69) is 5.32 Å². The van der Waals surface area contributed by atoms with Crippen molar-refractivity contribution in [3.63, 3.8) is 0 Å². The van der Waals surface area contributed by atoms with Gasteiger partial charge >= 0.3 is 6.03 Å². The van der Waals surface area contributed by atoms with E-state index >= 15 is 0 Å². The Kier molecular flexibility index (Phi) is 6.45. The van der Waals surface area contributed by atoms with Crippen molar-refractivity contribution in [3.8, 4) is 5.69 Å². The molecule has 1 unspecified atom stereocenters. The maximum absolute atomic E-state index is 14.1. The summed E-state index contributed by atoms with van der Waals surface area (Å²) in [5, 5.41) is 3.12. The smallest absolute Gasteiger partial charge is 0.317 e. The summed E-state index contributed by atoms with van der Waals surface area (Å²) in [5.41, 5.74) is 3.17. The first kappa shape index (κ1) is 23.2. The third-order valence-corrected chi connectivity index (χ3v) is 5.98. The topological polar surface area (TPSA) is 67.2 Å². The fourth-order valence-corrected chi connectivity index (χ4v) is 4.20. The summed E-state index contributed by atoms with van der Waals surface area (Å²) in [4.78, 5) is 33.1. The SMILES string of the molecule is CCC(c1nc2ccccc2c(=O)n1-c1ccc(C)cc1C)N(C)C(=O)Nc1ccccc1F. The number of rotatable bonds is 5. The Hall–Kier alpha value is -4.00. The van der Waals surface area contributed by atoms with Gasteiger partial charge in [0.25, 0.3) is 5.56 Å². The van der Waals surface area contributed by atoms with E-state index in [4.69, 9.17) is 4.98 Å². The Bertz CT molecular complexity index is 1430. The third kappa shape index (κ3) is 4.29. The quantitative estimate of drug-likeness (QED) is 0.414. The summed E-state index contributed by atoms with van der Waals surface area (Å²) in [6, 6.07) is 18.0. The van der Waals surface area contributed by atoms with Crippen molar-refractivity contribution < 1.29 is 9.18 Å². The minimum absolute atomic E-state index is 0.0902. The summed E-state index contributed by atoms with van der Waals surface area (Å²) < 4.78 is 15.7. The molecule has 4 rings (SSSR count). The van der Waals surface area contributed by atoms with E-state index in [-0.39, 0.29) is 11.2 Å². The summed E-state index contributed by atoms with van der Waals surface area (Å²) in [5.74, 6) is -0.0716. The molecular formula is C27H27FN4O2. The standard InChI is InChI=1S/C27H27FN4O2/c1-5-23(31(4)27(34)30-22-13-9-7-11-20(22)28)25-29-21-12-8-6-10-19(21)26(33)32(25)24-15-14-17(2)16-18(24)3/h6-16,23H,5H2,1-4H3,(H,30,34). The second-order valence-corrected chi connectivity index (χ2v) is 8.36. The zero-order chi connectivity index (χ0) is 24.4. The molecule has 7 heteroatoms. The van der Waals surface area contributed by atoms with Gasteiger partial charge in [-0.15, -0.1) is 0 Å². The van der Waals surface area contributed by atoms with E-state index in [1.807, 2.05) is 51.1 Å². The number of carbonyl (C=O) groups excluding carboxylic acids is 1. The number of hydrogen-bond acceptors (Lipinski definition) is 3. The van der Waals surface area contributed by atoms with Crippen molar-refractivity contribution in [3.05, 3.63) is 99.9 Å². The minimum atomic E-state index is -0.537. The predicted molar refractivity (Wildman–Crippen MR) is 133 cm³/mol. The average molecular weight is 459 g/mol. The second kappa shape index (κ2) is 9.47. The van der Waals surface area contributed by atoms with Crippen LogP contribution in [0.5, 0.6) is 0 Å². The maximum Gasteiger partial charge on any atom is 0.322 e. The first-order chi connectivity index (χ1) is 16.3. The molecule has 34 heavy (non-hydrogen) atoms. The zero-order valence-corrected chi connectivity index (χ0v) is 19.7. The number of aromatic nitrogens is 2. The number of benzene rings is 3. The predicted octanol–water partition coefficient (Wildman–Crippen LogP) is 5.76. The van der Waals surface area contributed by atoms with E-state index in [1.165, 1.54) is 17.0 Å². The molecule has 0 spiro atoms. The van der Waals surface area contributed by atoms with Crippen LogP contribution in [0.15, 0.2) is 71.5 Å². The van der Waals surface area contributed by atoms with E-state index in [0.29, 0.717) is 28.8 Å². The average Bonchev–Trinajstić information content (AvgIpc) is 2.82. The molecule has 0 bridgehead atoms. The van der Waals surface area contributed by atoms with Crippen LogP contribution in [0, 0.1) is 19.7 Å². The van der Waals surface area contributed by atoms with Gasteiger partial charge in [0.15, 0.2) is 0 Å². The van der Waals surface area contributed by atoms with Gasteiger partial charge in [0, 0.05) is 7.05 Å². The molecule has 0 saturated carbocycles. The molecular weight excluding hydrogens is 431 g/mol. The van der Waals surface area contributed by atoms with Crippen molar-refractivity contribution in [1.82, 2.24) is 14.5 Å². The maximum atomic E-state index is 14.1. The molecule has 1 aromatic heterocycles. The Morgan fingerprint density at radius 3 is 2.50 bits per heavy atom. The molecule has 0 aliphatic carbocycles. The number of nitrogens with one attached hydrogen (secondary N) is 1. The van der Waals surface area contributed by atoms with Gasteiger partial charge < -0.3 is 10.2 Å². The van der Waals surface area contributed by atoms with E-state index in [1.54, 1.807) is 35.9 Å². The number of aryl methyl sites for hydroxylation is 2. The lowest BCUT2D eigenvalue weighted by atomic mass is 10.1. The third-order valence-electron chi connectivity index (χ3n) is 5.98. The molecule has 2 amide bonds. The highest BCUT2D eigenvalue weighted by molar-refractivity contribution is 5.89. The van der Waals surface area contributed by atoms with Crippen LogP contribution < -0.4 is 10.9 Å². The van der Waals surface area contributed by atoms with Crippen LogP contribution in [-0.2, 0) is 0 Å². The number of fused-ring (bicyclic) bond motifs is 1. The van der Waals surface area contributed by atoms with Gasteiger partial charge in [-0.05, 0) is 56.2 Å². The van der Waals surface area contributed by atoms with Gasteiger partial charge in [-0.2, -0.15) is 0 Å². The normalized spacial score (nSPS) is 11.9. The number of para-hydroxylation sites is 2. The van der Waals surface area contributed by atoms with Crippen LogP contribution >= 0.6 is 0 Å². The number of hydrogen-bond donors (Lipinski definition) is 1. The van der Waals surface area contributed by atoms with Gasteiger partial charge in [-0.1, -0.05) is 48.9 Å². The van der Waals surface area contributed by atoms with Crippen molar-refractivity contribution >= 4 is 22.6 Å². The molecule has 6 nitrogen and oxygen atoms in total. The lowest BCUT2D eigenvalue weighted by Crippen LogP contribution is -2.38. The van der Waals surface area contributed by atoms with Gasteiger partial charge in [0.1, 0.15) is 11.6 Å². The van der Waals surface area contributed by atoms with Crippen LogP contribution in [0.1, 0.15) is 36.3 Å². The van der Waals surface area contributed by atoms with Crippen LogP contribution in [0.3, 0.4) is 0 Å². The molecule has 3 aromatic carbocycles. The fourth-order valence-electron chi connectivity index (χ4n) is 4.20. The number of anilines is 1. The molecule has 1 atom stereocenters. The minimum Gasteiger partial charge on any atom is -0.317 e. The molecule has 1 N–H and O–H groups in total. The molecule has 4 aromatic rings. The number of urea groups is 1. The molecule has 1 heterocycles. The largest absolute Gasteiger partial charge is 0.322 e. The first-order valence-corrected chi connectivity index (χ1v) is 11.2. The zero-order valence-electron chi connectivity index (χ0n) is 19.7. The van der Waals surface area contributed by atoms with Crippen molar-refractivity contribution in [2.75, 3.05) is 12.4 Å². The second-order valence-electron chi connectivity index (χ2n) is 8.36. The molecule has 0 radical (unpaired) electrons. The summed E-state index contributed by atoms with van der Waals surface area (Å²) in [6.07, 6.45) is 0.497. The fraction of sp³-hybridized carbons (Fsp3) is 0.222. The van der Waals surface area contributed by atoms with Gasteiger partial charge in [0.2, 0.25) is 0 Å². The Morgan fingerprint density at radius 1 is 1.09 bits per heavy atom. The summed E-state index contributed by atoms with van der Waals surface area (Å²) >= 11 is 0. The van der Waals surface area contributed by atoms with E-state index < -0.39 is 17.9 Å². The van der Waals surface area contributed by atoms with E-state index in [0.717, 1.165) is 11.1 Å². The first-order valence-electron chi connectivity index (χ1n) is 11.2. The number of amides is 2. The van der Waals surface area contributed by atoms with Crippen LogP contribution in [0.2, 0.25) is 0 Å². The molecule has 0 aliphatic rings. The number of carbonyl (C=O) groups is 1. The van der Waals surface area contributed by atoms with Gasteiger partial charge in [-0.3, -0.25) is 9.36 Å². The number of halogens is 1. The lowest BCUT2D eigenvalue weighted by molar-refractivity contribution is 0.199. The van der Waals surface area contributed by atoms with E-state index in [9.17, 15) is 14.0 Å². The highest BCUT2D eigenvalue weighted by Crippen LogP contribution is 2.27. The molecule has 174 valence electrons. The van der Waals surface area contributed by atoms with Crippen LogP contribution in [-0.4, -0.2) is 27.5 Å². The van der Waals surface area contributed by atoms with Gasteiger partial charge in [0.05, 0.1) is 28.3 Å². The highest BCUT2D eigenvalue weighted by atomic mass is 19.1. The van der Waals surface area contributed by atoms with Crippen LogP contribution in [0.4, 0.5) is 14.9 Å². The Balaban J connectivity index is 1.86. The van der Waals surface area contributed by atoms with Crippen molar-refractivity contribution in [1.29, 1.82) is 0 Å². The Labute approximate surface area is 197 Å². The molecule has 0 aliphatic heterocycles. The monoisotopic (exact) mass is 458 g/mol. The highest BCUT2D eigenvalue weighted by Gasteiger charge is 2.27. The van der Waals surface area contributed by atoms with Gasteiger partial charge in [-0.25, -0.2) is 14.2 Å². The summed E-state index contributed by atoms with van der Waals surface area (Å²) in [6.45, 7) is 5.86. The molecule has 0 saturated heterocycles. The van der Waals surface area contributed by atoms with Crippen molar-refractivity contribution in [2.45, 2.75) is 33.2 Å².